The van der Waals surface area contributed by atoms with Crippen LogP contribution in [0.25, 0.3) is 11.0 Å². The van der Waals surface area contributed by atoms with Gasteiger partial charge in [0.25, 0.3) is 21.8 Å². The summed E-state index contributed by atoms with van der Waals surface area (Å²) in [6.07, 6.45) is 9.16. The van der Waals surface area contributed by atoms with Gasteiger partial charge >= 0.3 is 5.69 Å². The van der Waals surface area contributed by atoms with Crippen LogP contribution in [0.3, 0.4) is 0 Å². The van der Waals surface area contributed by atoms with Crippen LogP contribution in [0, 0.1) is 27.3 Å². The molecule has 0 radical (unpaired) electrons. The van der Waals surface area contributed by atoms with Crippen LogP contribution in [0.4, 0.5) is 21.6 Å². The SMILES string of the molecule is CCOc1nc2[nH]cc(F)c2cc1Oc1cc(N2CC3(CC(N4CCN(Cc5ccc(OC6CC6)c(OC)c5)C[C@H]4c4ccccc4C(C)C)C3)C2)ccc1C(=O)NS(=O)(=O)c1cnc(NCC2CCC(C)(O)CC2)c([N+](=O)[O-])c1. The smallest absolute Gasteiger partial charge is 0.312 e. The molecule has 19 nitrogen and oxygen atoms in total. The van der Waals surface area contributed by atoms with Gasteiger partial charge in [-0.15, -0.1) is 0 Å². The molecule has 80 heavy (non-hydrogen) atoms. The highest BCUT2D eigenvalue weighted by molar-refractivity contribution is 7.90. The van der Waals surface area contributed by atoms with Crippen molar-refractivity contribution in [3.8, 4) is 28.9 Å². The number of nitrogens with zero attached hydrogens (tertiary/aromatic N) is 6. The maximum atomic E-state index is 15.0. The molecule has 5 heterocycles. The number of anilines is 2. The van der Waals surface area contributed by atoms with E-state index in [4.69, 9.17) is 18.9 Å². The molecule has 6 aromatic rings. The van der Waals surface area contributed by atoms with Crippen molar-refractivity contribution in [1.82, 2.24) is 29.5 Å². The number of sulfonamides is 1. The second kappa shape index (κ2) is 22.1. The van der Waals surface area contributed by atoms with Crippen LogP contribution in [-0.2, 0) is 16.6 Å². The van der Waals surface area contributed by atoms with Crippen molar-refractivity contribution in [3.63, 3.8) is 0 Å². The Morgan fingerprint density at radius 3 is 2.49 bits per heavy atom. The number of hydrogen-bond acceptors (Lipinski definition) is 16. The number of aliphatic hydroxyl groups is 1. The molecule has 3 aliphatic carbocycles. The molecule has 1 amide bonds. The van der Waals surface area contributed by atoms with Crippen molar-refractivity contribution in [3.05, 3.63) is 123 Å². The number of ether oxygens (including phenoxy) is 4. The van der Waals surface area contributed by atoms with Gasteiger partial charge in [-0.05, 0) is 118 Å². The van der Waals surface area contributed by atoms with E-state index in [0.717, 1.165) is 101 Å². The molecule has 3 aromatic carbocycles. The molecule has 1 spiro atoms. The number of methoxy groups -OCH3 is 1. The Balaban J connectivity index is 0.811. The van der Waals surface area contributed by atoms with Crippen molar-refractivity contribution in [1.29, 1.82) is 0 Å². The van der Waals surface area contributed by atoms with Gasteiger partial charge in [-0.2, -0.15) is 4.98 Å². The summed E-state index contributed by atoms with van der Waals surface area (Å²) in [7, 11) is -3.06. The second-order valence-electron chi connectivity index (χ2n) is 23.1. The highest BCUT2D eigenvalue weighted by atomic mass is 32.2. The lowest BCUT2D eigenvalue weighted by atomic mass is 9.59. The number of halogens is 1. The first kappa shape index (κ1) is 54.9. The summed E-state index contributed by atoms with van der Waals surface area (Å²) >= 11 is 0. The molecule has 5 fully saturated rings. The monoisotopic (exact) mass is 1120 g/mol. The highest BCUT2D eigenvalue weighted by Crippen LogP contribution is 2.54. The molecular weight excluding hydrogens is 1050 g/mol. The number of aromatic nitrogens is 3. The Bertz CT molecular complexity index is 3400. The van der Waals surface area contributed by atoms with Gasteiger partial charge in [-0.1, -0.05) is 44.2 Å². The van der Waals surface area contributed by atoms with Crippen LogP contribution in [0.1, 0.15) is 118 Å². The van der Waals surface area contributed by atoms with E-state index < -0.39 is 42.9 Å². The van der Waals surface area contributed by atoms with Crippen LogP contribution in [0.15, 0.2) is 90.1 Å². The number of piperazine rings is 1. The van der Waals surface area contributed by atoms with E-state index in [1.807, 2.05) is 6.07 Å². The Hall–Kier alpha value is -7.07. The summed E-state index contributed by atoms with van der Waals surface area (Å²) in [6, 6.07) is 22.8. The number of benzene rings is 3. The first-order valence-corrected chi connectivity index (χ1v) is 29.3. The summed E-state index contributed by atoms with van der Waals surface area (Å²) in [5.74, 6) is 0.198. The van der Waals surface area contributed by atoms with Gasteiger partial charge in [0.2, 0.25) is 5.82 Å². The molecule has 0 unspecified atom stereocenters. The van der Waals surface area contributed by atoms with Gasteiger partial charge in [0.1, 0.15) is 22.1 Å². The van der Waals surface area contributed by atoms with E-state index in [9.17, 15) is 28.4 Å². The largest absolute Gasteiger partial charge is 0.493 e. The molecule has 2 aliphatic heterocycles. The van der Waals surface area contributed by atoms with Crippen LogP contribution in [0.5, 0.6) is 28.9 Å². The Kier molecular flexibility index (Phi) is 15.2. The third-order valence-electron chi connectivity index (χ3n) is 16.7. The van der Waals surface area contributed by atoms with Gasteiger partial charge in [0.15, 0.2) is 17.2 Å². The summed E-state index contributed by atoms with van der Waals surface area (Å²) in [5, 5.41) is 25.7. The number of carbonyl (C=O) groups is 1. The van der Waals surface area contributed by atoms with E-state index in [2.05, 4.69) is 89.9 Å². The normalized spacial score (nSPS) is 21.5. The third kappa shape index (κ3) is 11.6. The number of pyridine rings is 2. The predicted molar refractivity (Wildman–Crippen MR) is 300 cm³/mol. The molecule has 3 saturated carbocycles. The number of aromatic amines is 1. The van der Waals surface area contributed by atoms with Crippen LogP contribution >= 0.6 is 0 Å². The number of nitro groups is 1. The molecule has 0 bridgehead atoms. The van der Waals surface area contributed by atoms with E-state index in [1.165, 1.54) is 28.8 Å². The standard InChI is InChI=1S/C59H70FN9O10S/c1-6-77-57-53(26-46-47(60)31-63-54(46)64-57)79-51-24-39(12-15-45(51)56(70)65-80(74,75)42-25-48(69(72)73)55(62-30-42)61-29-37-17-19-58(4,71)20-18-37)67-34-59(35-67)27-40(28-59)68-22-21-66(33-49(68)44-10-8-7-9-43(44)36(2)3)32-38-11-16-50(52(23-38)76-5)78-41-13-14-41/h7-12,15-16,23-26,30-31,36-37,40-41,49,71H,6,13-14,17-22,27-29,32-35H2,1-5H3,(H,61,62)(H,63,64)(H,65,70)/t37?,49-,58?/m0/s1. The van der Waals surface area contributed by atoms with Crippen molar-refractivity contribution >= 4 is 44.2 Å². The molecular formula is C59H70FN9O10S. The molecule has 11 rings (SSSR count). The molecule has 4 N–H and O–H groups in total. The number of nitrogens with one attached hydrogen (secondary N) is 3. The van der Waals surface area contributed by atoms with E-state index in [-0.39, 0.29) is 69.9 Å². The molecule has 424 valence electrons. The van der Waals surface area contributed by atoms with Gasteiger partial charge < -0.3 is 39.3 Å². The summed E-state index contributed by atoms with van der Waals surface area (Å²) in [5.41, 5.74) is 3.37. The Morgan fingerprint density at radius 1 is 0.988 bits per heavy atom. The lowest BCUT2D eigenvalue weighted by Crippen LogP contribution is -2.68. The fourth-order valence-electron chi connectivity index (χ4n) is 12.2. The van der Waals surface area contributed by atoms with E-state index in [0.29, 0.717) is 44.2 Å². The second-order valence-corrected chi connectivity index (χ2v) is 24.8. The van der Waals surface area contributed by atoms with E-state index in [1.54, 1.807) is 33.1 Å². The lowest BCUT2D eigenvalue weighted by Gasteiger charge is -2.63. The van der Waals surface area contributed by atoms with Crippen LogP contribution in [-0.4, -0.2) is 120 Å². The topological polar surface area (TPSA) is 227 Å². The van der Waals surface area contributed by atoms with Gasteiger partial charge in [0, 0.05) is 93.4 Å². The summed E-state index contributed by atoms with van der Waals surface area (Å²) < 4.78 is 69.1. The molecule has 21 heteroatoms. The fourth-order valence-corrected chi connectivity index (χ4v) is 13.1. The first-order valence-electron chi connectivity index (χ1n) is 27.8. The van der Waals surface area contributed by atoms with E-state index >= 15 is 4.39 Å². The molecule has 2 saturated heterocycles. The minimum atomic E-state index is -4.75. The number of amides is 1. The molecule has 1 atom stereocenters. The third-order valence-corrected chi connectivity index (χ3v) is 18.0. The quantitative estimate of drug-likeness (QED) is 0.0412. The van der Waals surface area contributed by atoms with Crippen LogP contribution in [0.2, 0.25) is 0 Å². The lowest BCUT2D eigenvalue weighted by molar-refractivity contribution is -0.384. The predicted octanol–water partition coefficient (Wildman–Crippen LogP) is 9.87. The Labute approximate surface area is 465 Å². The average molecular weight is 1120 g/mol. The average Bonchev–Trinajstić information content (AvgIpc) is 4.31. The van der Waals surface area contributed by atoms with Crippen molar-refractivity contribution in [2.24, 2.45) is 11.3 Å². The number of fused-ring (bicyclic) bond motifs is 1. The minimum Gasteiger partial charge on any atom is -0.493 e. The van der Waals surface area contributed by atoms with Gasteiger partial charge in [-0.25, -0.2) is 22.5 Å². The maximum Gasteiger partial charge on any atom is 0.312 e. The maximum absolute atomic E-state index is 15.0. The van der Waals surface area contributed by atoms with Crippen molar-refractivity contribution < 1.29 is 46.6 Å². The van der Waals surface area contributed by atoms with Gasteiger partial charge in [0.05, 0.1) is 47.5 Å². The molecule has 3 aromatic heterocycles. The zero-order valence-electron chi connectivity index (χ0n) is 45.9. The van der Waals surface area contributed by atoms with Crippen molar-refractivity contribution in [2.45, 2.75) is 120 Å². The Morgan fingerprint density at radius 2 is 1.76 bits per heavy atom. The number of carbonyl (C=O) groups excluding carboxylic acids is 1. The number of H-pyrrole nitrogens is 1. The summed E-state index contributed by atoms with van der Waals surface area (Å²) in [6.45, 7) is 13.6. The number of rotatable bonds is 20. The highest BCUT2D eigenvalue weighted by Gasteiger charge is 2.55. The molecule has 5 aliphatic rings. The van der Waals surface area contributed by atoms with Crippen LogP contribution < -0.4 is 33.9 Å². The zero-order valence-corrected chi connectivity index (χ0v) is 46.7. The zero-order chi connectivity index (χ0) is 56.1. The van der Waals surface area contributed by atoms with Gasteiger partial charge in [-0.3, -0.25) is 24.7 Å². The first-order chi connectivity index (χ1) is 38.4. The summed E-state index contributed by atoms with van der Waals surface area (Å²) in [4.78, 5) is 44.0. The fraction of sp³-hybridized carbons (Fsp3) is 0.475. The van der Waals surface area contributed by atoms with Crippen molar-refractivity contribution in [2.75, 3.05) is 63.2 Å². The number of hydrogen-bond donors (Lipinski definition) is 4. The minimum absolute atomic E-state index is 0.0138.